The molecule has 1 fully saturated rings. The number of nitrogens with one attached hydrogen (secondary N) is 2. The van der Waals surface area contributed by atoms with Crippen molar-refractivity contribution in [3.63, 3.8) is 0 Å². The van der Waals surface area contributed by atoms with E-state index in [1.807, 2.05) is 0 Å². The molecule has 0 unspecified atom stereocenters. The molecule has 0 aromatic carbocycles. The van der Waals surface area contributed by atoms with Gasteiger partial charge in [-0.2, -0.15) is 0 Å². The van der Waals surface area contributed by atoms with E-state index in [9.17, 15) is 14.4 Å². The van der Waals surface area contributed by atoms with Crippen molar-refractivity contribution in [2.75, 3.05) is 13.7 Å². The second-order valence-corrected chi connectivity index (χ2v) is 5.55. The Bertz CT molecular complexity index is 373. The van der Waals surface area contributed by atoms with E-state index in [4.69, 9.17) is 0 Å². The van der Waals surface area contributed by atoms with Crippen molar-refractivity contribution in [1.82, 2.24) is 10.6 Å². The summed E-state index contributed by atoms with van der Waals surface area (Å²) in [5.74, 6) is -1.11. The Kier molecular flexibility index (Phi) is 5.98. The Balaban J connectivity index is 2.74. The molecule has 0 aliphatic heterocycles. The Morgan fingerprint density at radius 3 is 2.25 bits per heavy atom. The molecule has 1 rings (SSSR count). The highest BCUT2D eigenvalue weighted by molar-refractivity contribution is 5.93. The molecule has 6 nitrogen and oxygen atoms in total. The number of carbonyl (C=O) groups excluding carboxylic acids is 3. The maximum atomic E-state index is 12.4. The predicted molar refractivity (Wildman–Crippen MR) is 73.8 cm³/mol. The van der Waals surface area contributed by atoms with Crippen molar-refractivity contribution in [2.24, 2.45) is 5.92 Å². The first-order valence-corrected chi connectivity index (χ1v) is 7.08. The number of esters is 1. The summed E-state index contributed by atoms with van der Waals surface area (Å²) in [6, 6.07) is 0. The molecule has 0 radical (unpaired) electrons. The number of hydrogen-bond donors (Lipinski definition) is 2. The first-order valence-electron chi connectivity index (χ1n) is 7.08. The Hall–Kier alpha value is -1.59. The van der Waals surface area contributed by atoms with Crippen LogP contribution in [-0.2, 0) is 19.1 Å². The molecule has 1 aliphatic rings. The normalized spacial score (nSPS) is 17.4. The molecular weight excluding hydrogens is 260 g/mol. The summed E-state index contributed by atoms with van der Waals surface area (Å²) in [6.45, 7) is 3.41. The maximum Gasteiger partial charge on any atom is 0.325 e. The Morgan fingerprint density at radius 1 is 1.15 bits per heavy atom. The summed E-state index contributed by atoms with van der Waals surface area (Å²) in [4.78, 5) is 35.4. The first kappa shape index (κ1) is 16.5. The highest BCUT2D eigenvalue weighted by Gasteiger charge is 2.41. The van der Waals surface area contributed by atoms with Crippen LogP contribution < -0.4 is 10.6 Å². The fourth-order valence-corrected chi connectivity index (χ4v) is 2.34. The third-order valence-corrected chi connectivity index (χ3v) is 3.65. The number of amides is 2. The Morgan fingerprint density at radius 2 is 1.75 bits per heavy atom. The maximum absolute atomic E-state index is 12.4. The highest BCUT2D eigenvalue weighted by Crippen LogP contribution is 2.28. The fraction of sp³-hybridized carbons (Fsp3) is 0.786. The van der Waals surface area contributed by atoms with Gasteiger partial charge >= 0.3 is 5.97 Å². The van der Waals surface area contributed by atoms with Gasteiger partial charge in [0.25, 0.3) is 0 Å². The molecule has 0 heterocycles. The van der Waals surface area contributed by atoms with Crippen LogP contribution in [0.5, 0.6) is 0 Å². The number of rotatable bonds is 5. The SMILES string of the molecule is COC(=O)CNC(=O)C1(NC(=O)C(C)C)CCCCC1. The van der Waals surface area contributed by atoms with Crippen LogP contribution >= 0.6 is 0 Å². The summed E-state index contributed by atoms with van der Waals surface area (Å²) in [6.07, 6.45) is 4.06. The van der Waals surface area contributed by atoms with Gasteiger partial charge in [-0.05, 0) is 12.8 Å². The van der Waals surface area contributed by atoms with E-state index in [0.29, 0.717) is 12.8 Å². The molecule has 0 atom stereocenters. The standard InChI is InChI=1S/C14H24N2O4/c1-10(2)12(18)16-14(7-5-4-6-8-14)13(19)15-9-11(17)20-3/h10H,4-9H2,1-3H3,(H,15,19)(H,16,18). The summed E-state index contributed by atoms with van der Waals surface area (Å²) >= 11 is 0. The van der Waals surface area contributed by atoms with Gasteiger partial charge in [-0.1, -0.05) is 33.1 Å². The van der Waals surface area contributed by atoms with Gasteiger partial charge in [0.15, 0.2) is 0 Å². The first-order chi connectivity index (χ1) is 9.41. The molecule has 20 heavy (non-hydrogen) atoms. The zero-order valence-electron chi connectivity index (χ0n) is 12.5. The van der Waals surface area contributed by atoms with Gasteiger partial charge < -0.3 is 15.4 Å². The molecule has 0 saturated heterocycles. The smallest absolute Gasteiger partial charge is 0.325 e. The van der Waals surface area contributed by atoms with E-state index in [1.165, 1.54) is 7.11 Å². The molecule has 6 heteroatoms. The van der Waals surface area contributed by atoms with Crippen molar-refractivity contribution >= 4 is 17.8 Å². The van der Waals surface area contributed by atoms with E-state index in [1.54, 1.807) is 13.8 Å². The van der Waals surface area contributed by atoms with Crippen LogP contribution in [0.15, 0.2) is 0 Å². The van der Waals surface area contributed by atoms with Gasteiger partial charge in [-0.25, -0.2) is 0 Å². The third kappa shape index (κ3) is 4.21. The van der Waals surface area contributed by atoms with Crippen molar-refractivity contribution in [3.05, 3.63) is 0 Å². The number of carbonyl (C=O) groups is 3. The zero-order valence-corrected chi connectivity index (χ0v) is 12.5. The predicted octanol–water partition coefficient (Wildman–Crippen LogP) is 0.751. The molecule has 114 valence electrons. The highest BCUT2D eigenvalue weighted by atomic mass is 16.5. The van der Waals surface area contributed by atoms with Crippen LogP contribution in [0.3, 0.4) is 0 Å². The van der Waals surface area contributed by atoms with E-state index >= 15 is 0 Å². The molecule has 0 aromatic rings. The number of ether oxygens (including phenoxy) is 1. The molecule has 0 spiro atoms. The van der Waals surface area contributed by atoms with E-state index < -0.39 is 11.5 Å². The average Bonchev–Trinajstić information content (AvgIpc) is 2.44. The van der Waals surface area contributed by atoms with E-state index in [2.05, 4.69) is 15.4 Å². The van der Waals surface area contributed by atoms with Gasteiger partial charge in [0.2, 0.25) is 11.8 Å². The molecule has 2 amide bonds. The van der Waals surface area contributed by atoms with Crippen molar-refractivity contribution in [3.8, 4) is 0 Å². The largest absolute Gasteiger partial charge is 0.468 e. The number of hydrogen-bond acceptors (Lipinski definition) is 4. The van der Waals surface area contributed by atoms with E-state index in [-0.39, 0.29) is 24.3 Å². The lowest BCUT2D eigenvalue weighted by Crippen LogP contribution is -2.60. The monoisotopic (exact) mass is 284 g/mol. The van der Waals surface area contributed by atoms with Crippen molar-refractivity contribution in [2.45, 2.75) is 51.5 Å². The van der Waals surface area contributed by atoms with Crippen LogP contribution in [0.1, 0.15) is 46.0 Å². The molecule has 1 aliphatic carbocycles. The summed E-state index contributed by atoms with van der Waals surface area (Å²) < 4.78 is 4.50. The summed E-state index contributed by atoms with van der Waals surface area (Å²) in [5.41, 5.74) is -0.881. The third-order valence-electron chi connectivity index (χ3n) is 3.65. The van der Waals surface area contributed by atoms with Gasteiger partial charge in [-0.15, -0.1) is 0 Å². The molecular formula is C14H24N2O4. The van der Waals surface area contributed by atoms with Crippen molar-refractivity contribution < 1.29 is 19.1 Å². The molecule has 0 aromatic heterocycles. The second kappa shape index (κ2) is 7.26. The quantitative estimate of drug-likeness (QED) is 0.730. The lowest BCUT2D eigenvalue weighted by atomic mass is 9.80. The minimum Gasteiger partial charge on any atom is -0.468 e. The van der Waals surface area contributed by atoms with Crippen LogP contribution in [-0.4, -0.2) is 37.0 Å². The van der Waals surface area contributed by atoms with Gasteiger partial charge in [-0.3, -0.25) is 14.4 Å². The van der Waals surface area contributed by atoms with Crippen LogP contribution in [0.4, 0.5) is 0 Å². The fourth-order valence-electron chi connectivity index (χ4n) is 2.34. The van der Waals surface area contributed by atoms with Crippen LogP contribution in [0.25, 0.3) is 0 Å². The molecule has 1 saturated carbocycles. The van der Waals surface area contributed by atoms with Gasteiger partial charge in [0, 0.05) is 5.92 Å². The zero-order chi connectivity index (χ0) is 15.2. The van der Waals surface area contributed by atoms with Crippen molar-refractivity contribution in [1.29, 1.82) is 0 Å². The van der Waals surface area contributed by atoms with Crippen LogP contribution in [0, 0.1) is 5.92 Å². The molecule has 2 N–H and O–H groups in total. The average molecular weight is 284 g/mol. The lowest BCUT2D eigenvalue weighted by Gasteiger charge is -2.37. The summed E-state index contributed by atoms with van der Waals surface area (Å²) in [5, 5.41) is 5.43. The van der Waals surface area contributed by atoms with Gasteiger partial charge in [0.1, 0.15) is 12.1 Å². The Labute approximate surface area is 119 Å². The number of methoxy groups -OCH3 is 1. The lowest BCUT2D eigenvalue weighted by molar-refractivity contribution is -0.143. The summed E-state index contributed by atoms with van der Waals surface area (Å²) in [7, 11) is 1.27. The second-order valence-electron chi connectivity index (χ2n) is 5.55. The van der Waals surface area contributed by atoms with E-state index in [0.717, 1.165) is 19.3 Å². The minimum absolute atomic E-state index is 0.139. The van der Waals surface area contributed by atoms with Crippen LogP contribution in [0.2, 0.25) is 0 Å². The molecule has 0 bridgehead atoms. The van der Waals surface area contributed by atoms with Gasteiger partial charge in [0.05, 0.1) is 7.11 Å². The topological polar surface area (TPSA) is 84.5 Å². The minimum atomic E-state index is -0.881.